The highest BCUT2D eigenvalue weighted by Crippen LogP contribution is 2.20. The highest BCUT2D eigenvalue weighted by Gasteiger charge is 2.17. The Morgan fingerprint density at radius 3 is 2.37 bits per heavy atom. The molecule has 1 heterocycles. The molecule has 0 aliphatic heterocycles. The third-order valence-corrected chi connectivity index (χ3v) is 2.85. The van der Waals surface area contributed by atoms with Gasteiger partial charge < -0.3 is 9.42 Å². The lowest BCUT2D eigenvalue weighted by molar-refractivity contribution is 0.0779. The molecule has 5 heteroatoms. The second-order valence-corrected chi connectivity index (χ2v) is 4.90. The van der Waals surface area contributed by atoms with Gasteiger partial charge in [-0.3, -0.25) is 4.79 Å². The van der Waals surface area contributed by atoms with Crippen molar-refractivity contribution < 1.29 is 9.32 Å². The van der Waals surface area contributed by atoms with Crippen LogP contribution in [0.3, 0.4) is 0 Å². The SMILES string of the molecule is CC(C)c1ccc(-c2noc(C(=O)N(C)C)n2)cc1. The van der Waals surface area contributed by atoms with Crippen molar-refractivity contribution >= 4 is 5.91 Å². The molecule has 0 saturated carbocycles. The fraction of sp³-hybridized carbons (Fsp3) is 0.357. The number of carbonyl (C=O) groups excluding carboxylic acids is 1. The summed E-state index contributed by atoms with van der Waals surface area (Å²) in [5.74, 6) is 0.621. The Hall–Kier alpha value is -2.17. The van der Waals surface area contributed by atoms with E-state index in [2.05, 4.69) is 24.0 Å². The van der Waals surface area contributed by atoms with Crippen molar-refractivity contribution in [1.82, 2.24) is 15.0 Å². The molecule has 2 rings (SSSR count). The average Bonchev–Trinajstić information content (AvgIpc) is 2.87. The van der Waals surface area contributed by atoms with Crippen LogP contribution in [-0.2, 0) is 0 Å². The molecule has 0 spiro atoms. The molecule has 0 radical (unpaired) electrons. The normalized spacial score (nSPS) is 10.8. The molecule has 1 amide bonds. The van der Waals surface area contributed by atoms with Gasteiger partial charge in [0.05, 0.1) is 0 Å². The Balaban J connectivity index is 2.25. The molecule has 0 saturated heterocycles. The quantitative estimate of drug-likeness (QED) is 0.850. The van der Waals surface area contributed by atoms with Crippen LogP contribution >= 0.6 is 0 Å². The van der Waals surface area contributed by atoms with Crippen LogP contribution in [0.4, 0.5) is 0 Å². The third kappa shape index (κ3) is 2.81. The van der Waals surface area contributed by atoms with Gasteiger partial charge in [-0.15, -0.1) is 0 Å². The van der Waals surface area contributed by atoms with Crippen molar-refractivity contribution in [2.45, 2.75) is 19.8 Å². The number of benzene rings is 1. The number of nitrogens with zero attached hydrogens (tertiary/aromatic N) is 3. The highest BCUT2D eigenvalue weighted by molar-refractivity contribution is 5.89. The monoisotopic (exact) mass is 259 g/mol. The Morgan fingerprint density at radius 2 is 1.84 bits per heavy atom. The topological polar surface area (TPSA) is 59.2 Å². The maximum atomic E-state index is 11.7. The van der Waals surface area contributed by atoms with Crippen molar-refractivity contribution in [3.8, 4) is 11.4 Å². The largest absolute Gasteiger partial charge is 0.341 e. The van der Waals surface area contributed by atoms with Crippen LogP contribution in [0.15, 0.2) is 28.8 Å². The lowest BCUT2D eigenvalue weighted by Crippen LogP contribution is -2.21. The van der Waals surface area contributed by atoms with Crippen molar-refractivity contribution in [2.24, 2.45) is 0 Å². The van der Waals surface area contributed by atoms with E-state index in [-0.39, 0.29) is 11.8 Å². The molecular weight excluding hydrogens is 242 g/mol. The molecule has 0 unspecified atom stereocenters. The maximum Gasteiger partial charge on any atom is 0.316 e. The minimum atomic E-state index is -0.294. The molecule has 0 aliphatic rings. The zero-order chi connectivity index (χ0) is 14.0. The van der Waals surface area contributed by atoms with Gasteiger partial charge in [0.15, 0.2) is 0 Å². The van der Waals surface area contributed by atoms with Crippen molar-refractivity contribution in [3.05, 3.63) is 35.7 Å². The van der Waals surface area contributed by atoms with E-state index >= 15 is 0 Å². The predicted molar refractivity (Wildman–Crippen MR) is 71.8 cm³/mol. The minimum Gasteiger partial charge on any atom is -0.341 e. The fourth-order valence-electron chi connectivity index (χ4n) is 1.64. The Kier molecular flexibility index (Phi) is 3.64. The zero-order valence-corrected chi connectivity index (χ0v) is 11.5. The van der Waals surface area contributed by atoms with Gasteiger partial charge in [-0.1, -0.05) is 43.3 Å². The number of hydrogen-bond acceptors (Lipinski definition) is 4. The molecule has 0 N–H and O–H groups in total. The Labute approximate surface area is 112 Å². The first-order valence-corrected chi connectivity index (χ1v) is 6.14. The molecule has 0 bridgehead atoms. The van der Waals surface area contributed by atoms with Crippen LogP contribution in [0.5, 0.6) is 0 Å². The summed E-state index contributed by atoms with van der Waals surface area (Å²) < 4.78 is 4.97. The van der Waals surface area contributed by atoms with Crippen molar-refractivity contribution in [3.63, 3.8) is 0 Å². The molecule has 1 aromatic carbocycles. The summed E-state index contributed by atoms with van der Waals surface area (Å²) in [6, 6.07) is 7.93. The summed E-state index contributed by atoms with van der Waals surface area (Å²) in [4.78, 5) is 17.2. The summed E-state index contributed by atoms with van der Waals surface area (Å²) in [6.45, 7) is 4.27. The van der Waals surface area contributed by atoms with Gasteiger partial charge >= 0.3 is 11.8 Å². The van der Waals surface area contributed by atoms with Gasteiger partial charge in [0.2, 0.25) is 5.82 Å². The lowest BCUT2D eigenvalue weighted by Gasteiger charge is -2.05. The zero-order valence-electron chi connectivity index (χ0n) is 11.5. The molecule has 5 nitrogen and oxygen atoms in total. The second-order valence-electron chi connectivity index (χ2n) is 4.90. The standard InChI is InChI=1S/C14H17N3O2/c1-9(2)10-5-7-11(8-6-10)12-15-13(19-16-12)14(18)17(3)4/h5-9H,1-4H3. The number of hydrogen-bond donors (Lipinski definition) is 0. The van der Waals surface area contributed by atoms with E-state index in [0.29, 0.717) is 11.7 Å². The van der Waals surface area contributed by atoms with Gasteiger partial charge in [-0.05, 0) is 11.5 Å². The number of aromatic nitrogens is 2. The Morgan fingerprint density at radius 1 is 1.21 bits per heavy atom. The molecule has 0 atom stereocenters. The summed E-state index contributed by atoms with van der Waals surface area (Å²) in [6.07, 6.45) is 0. The van der Waals surface area contributed by atoms with Gasteiger partial charge in [-0.25, -0.2) is 0 Å². The second kappa shape index (κ2) is 5.22. The smallest absolute Gasteiger partial charge is 0.316 e. The van der Waals surface area contributed by atoms with E-state index in [0.717, 1.165) is 5.56 Å². The third-order valence-electron chi connectivity index (χ3n) is 2.85. The molecule has 0 aliphatic carbocycles. The number of rotatable bonds is 3. The van der Waals surface area contributed by atoms with Crippen molar-refractivity contribution in [2.75, 3.05) is 14.1 Å². The first kappa shape index (κ1) is 13.3. The van der Waals surface area contributed by atoms with Gasteiger partial charge in [0.25, 0.3) is 0 Å². The van der Waals surface area contributed by atoms with E-state index in [1.807, 2.05) is 24.3 Å². The first-order chi connectivity index (χ1) is 8.99. The summed E-state index contributed by atoms with van der Waals surface area (Å²) in [5, 5.41) is 3.83. The van der Waals surface area contributed by atoms with Crippen LogP contribution < -0.4 is 0 Å². The minimum absolute atomic E-state index is 0.00735. The van der Waals surface area contributed by atoms with Crippen LogP contribution in [0.25, 0.3) is 11.4 Å². The summed E-state index contributed by atoms with van der Waals surface area (Å²) >= 11 is 0. The van der Waals surface area contributed by atoms with Gasteiger partial charge in [0.1, 0.15) is 0 Å². The van der Waals surface area contributed by atoms with E-state index in [1.165, 1.54) is 10.5 Å². The van der Waals surface area contributed by atoms with E-state index in [1.54, 1.807) is 14.1 Å². The van der Waals surface area contributed by atoms with Gasteiger partial charge in [0, 0.05) is 19.7 Å². The molecule has 100 valence electrons. The number of carbonyl (C=O) groups is 1. The predicted octanol–water partition coefficient (Wildman–Crippen LogP) is 2.56. The van der Waals surface area contributed by atoms with Gasteiger partial charge in [-0.2, -0.15) is 4.98 Å². The molecule has 1 aromatic heterocycles. The average molecular weight is 259 g/mol. The van der Waals surface area contributed by atoms with Crippen LogP contribution in [0.2, 0.25) is 0 Å². The molecule has 2 aromatic rings. The summed E-state index contributed by atoms with van der Waals surface area (Å²) in [5.41, 5.74) is 2.09. The molecule has 19 heavy (non-hydrogen) atoms. The lowest BCUT2D eigenvalue weighted by atomic mass is 10.0. The Bertz CT molecular complexity index is 571. The van der Waals surface area contributed by atoms with Crippen molar-refractivity contribution in [1.29, 1.82) is 0 Å². The molecular formula is C14H17N3O2. The van der Waals surface area contributed by atoms with Crippen LogP contribution in [0, 0.1) is 0 Å². The van der Waals surface area contributed by atoms with E-state index < -0.39 is 0 Å². The summed E-state index contributed by atoms with van der Waals surface area (Å²) in [7, 11) is 3.28. The highest BCUT2D eigenvalue weighted by atomic mass is 16.5. The van der Waals surface area contributed by atoms with Crippen LogP contribution in [0.1, 0.15) is 36.0 Å². The first-order valence-electron chi connectivity index (χ1n) is 6.14. The van der Waals surface area contributed by atoms with Crippen LogP contribution in [-0.4, -0.2) is 35.0 Å². The van der Waals surface area contributed by atoms with E-state index in [9.17, 15) is 4.79 Å². The maximum absolute atomic E-state index is 11.7. The fourth-order valence-corrected chi connectivity index (χ4v) is 1.64. The molecule has 0 fully saturated rings. The number of amides is 1. The van der Waals surface area contributed by atoms with E-state index in [4.69, 9.17) is 4.52 Å².